The second-order valence-corrected chi connectivity index (χ2v) is 5.60. The summed E-state index contributed by atoms with van der Waals surface area (Å²) >= 11 is 11.7. The van der Waals surface area contributed by atoms with Crippen molar-refractivity contribution in [2.75, 3.05) is 13.2 Å². The van der Waals surface area contributed by atoms with Crippen molar-refractivity contribution in [2.45, 2.75) is 13.8 Å². The first-order chi connectivity index (χ1) is 9.51. The lowest BCUT2D eigenvalue weighted by atomic mass is 10.2. The fourth-order valence-corrected chi connectivity index (χ4v) is 2.36. The number of rotatable bonds is 5. The second-order valence-electron chi connectivity index (χ2n) is 3.60. The molecule has 0 bridgehead atoms. The van der Waals surface area contributed by atoms with Crippen LogP contribution in [0.15, 0.2) is 20.1 Å². The van der Waals surface area contributed by atoms with Crippen LogP contribution in [0.2, 0.25) is 0 Å². The van der Waals surface area contributed by atoms with Crippen molar-refractivity contribution in [3.05, 3.63) is 20.6 Å². The summed E-state index contributed by atoms with van der Waals surface area (Å²) in [5, 5.41) is 17.3. The van der Waals surface area contributed by atoms with Crippen LogP contribution in [0.25, 0.3) is 0 Å². The zero-order valence-electron chi connectivity index (χ0n) is 11.0. The number of benzene rings is 1. The van der Waals surface area contributed by atoms with Gasteiger partial charge < -0.3 is 15.2 Å². The average Bonchev–Trinajstić information content (AvgIpc) is 2.42. The van der Waals surface area contributed by atoms with Crippen LogP contribution < -0.4 is 15.5 Å². The van der Waals surface area contributed by atoms with E-state index in [1.54, 1.807) is 12.3 Å². The van der Waals surface area contributed by atoms with E-state index in [0.717, 1.165) is 12.1 Å². The molecular weight excluding hydrogens is 410 g/mol. The molecule has 0 aliphatic heterocycles. The third-order valence-electron chi connectivity index (χ3n) is 2.18. The molecule has 0 saturated heterocycles. The summed E-state index contributed by atoms with van der Waals surface area (Å²) in [5.74, 6) is 0.435. The molecule has 110 valence electrons. The van der Waals surface area contributed by atoms with Crippen LogP contribution in [-0.2, 0) is 0 Å². The molecule has 0 amide bonds. The maximum atomic E-state index is 9.92. The van der Waals surface area contributed by atoms with E-state index >= 15 is 0 Å². The van der Waals surface area contributed by atoms with Crippen LogP contribution in [0.3, 0.4) is 0 Å². The Bertz CT molecular complexity index is 524. The van der Waals surface area contributed by atoms with Crippen molar-refractivity contribution < 1.29 is 9.84 Å². The van der Waals surface area contributed by atoms with Crippen molar-refractivity contribution in [2.24, 2.45) is 5.10 Å². The molecule has 0 aromatic heterocycles. The minimum absolute atomic E-state index is 0.0482. The van der Waals surface area contributed by atoms with Crippen molar-refractivity contribution in [1.29, 1.82) is 0 Å². The highest BCUT2D eigenvalue weighted by Gasteiger charge is 2.14. The Kier molecular flexibility index (Phi) is 7.25. The molecule has 1 rings (SSSR count). The third-order valence-corrected chi connectivity index (χ3v) is 4.58. The van der Waals surface area contributed by atoms with E-state index in [-0.39, 0.29) is 5.75 Å². The Morgan fingerprint density at radius 3 is 2.75 bits per heavy atom. The molecule has 8 heteroatoms. The molecule has 1 aromatic rings. The van der Waals surface area contributed by atoms with Crippen molar-refractivity contribution >= 4 is 55.4 Å². The summed E-state index contributed by atoms with van der Waals surface area (Å²) in [7, 11) is 0. The van der Waals surface area contributed by atoms with E-state index in [0.29, 0.717) is 26.4 Å². The molecule has 0 heterocycles. The van der Waals surface area contributed by atoms with E-state index in [1.165, 1.54) is 0 Å². The molecular formula is C12H15Br2N3O2S. The van der Waals surface area contributed by atoms with Crippen molar-refractivity contribution in [3.8, 4) is 11.5 Å². The fourth-order valence-electron chi connectivity index (χ4n) is 1.33. The number of aromatic hydroxyl groups is 1. The van der Waals surface area contributed by atoms with Crippen LogP contribution in [0.4, 0.5) is 0 Å². The first kappa shape index (κ1) is 17.2. The molecule has 0 aliphatic rings. The highest BCUT2D eigenvalue weighted by Crippen LogP contribution is 2.41. The highest BCUT2D eigenvalue weighted by molar-refractivity contribution is 9.13. The van der Waals surface area contributed by atoms with Gasteiger partial charge in [-0.05, 0) is 64.0 Å². The zero-order valence-corrected chi connectivity index (χ0v) is 15.0. The number of phenols is 1. The van der Waals surface area contributed by atoms with Crippen LogP contribution in [-0.4, -0.2) is 29.6 Å². The lowest BCUT2D eigenvalue weighted by Gasteiger charge is -2.11. The van der Waals surface area contributed by atoms with Gasteiger partial charge in [0.25, 0.3) is 0 Å². The molecule has 0 fully saturated rings. The number of hydrogen-bond donors (Lipinski definition) is 3. The zero-order chi connectivity index (χ0) is 15.1. The second kappa shape index (κ2) is 8.43. The molecule has 0 atom stereocenters. The van der Waals surface area contributed by atoms with Gasteiger partial charge in [-0.1, -0.05) is 0 Å². The molecule has 0 unspecified atom stereocenters. The number of thiocarbonyl (C=S) groups is 1. The molecule has 0 radical (unpaired) electrons. The van der Waals surface area contributed by atoms with Gasteiger partial charge >= 0.3 is 0 Å². The number of halogens is 2. The molecule has 5 nitrogen and oxygen atoms in total. The first-order valence-corrected chi connectivity index (χ1v) is 7.91. The van der Waals surface area contributed by atoms with E-state index in [1.807, 2.05) is 13.8 Å². The van der Waals surface area contributed by atoms with Crippen molar-refractivity contribution in [1.82, 2.24) is 10.7 Å². The topological polar surface area (TPSA) is 65.9 Å². The number of phenolic OH excluding ortho intramolecular Hbond substituents is 1. The average molecular weight is 425 g/mol. The summed E-state index contributed by atoms with van der Waals surface area (Å²) in [6.07, 6.45) is 1.58. The van der Waals surface area contributed by atoms with Crippen molar-refractivity contribution in [3.63, 3.8) is 0 Å². The van der Waals surface area contributed by atoms with E-state index < -0.39 is 0 Å². The number of nitrogens with zero attached hydrogens (tertiary/aromatic N) is 1. The summed E-state index contributed by atoms with van der Waals surface area (Å²) in [6.45, 7) is 4.98. The first-order valence-electron chi connectivity index (χ1n) is 5.91. The molecule has 0 saturated carbocycles. The predicted molar refractivity (Wildman–Crippen MR) is 91.7 cm³/mol. The van der Waals surface area contributed by atoms with Gasteiger partial charge in [-0.3, -0.25) is 5.43 Å². The van der Waals surface area contributed by atoms with Crippen LogP contribution in [0, 0.1) is 0 Å². The summed E-state index contributed by atoms with van der Waals surface area (Å²) < 4.78 is 6.55. The van der Waals surface area contributed by atoms with Crippen LogP contribution >= 0.6 is 44.1 Å². The quantitative estimate of drug-likeness (QED) is 0.385. The Balaban J connectivity index is 2.94. The van der Waals surface area contributed by atoms with Gasteiger partial charge in [-0.2, -0.15) is 5.10 Å². The van der Waals surface area contributed by atoms with E-state index in [4.69, 9.17) is 17.0 Å². The Morgan fingerprint density at radius 2 is 2.15 bits per heavy atom. The summed E-state index contributed by atoms with van der Waals surface area (Å²) in [6, 6.07) is 1.69. The molecule has 0 spiro atoms. The lowest BCUT2D eigenvalue weighted by molar-refractivity contribution is 0.317. The van der Waals surface area contributed by atoms with Gasteiger partial charge in [0.1, 0.15) is 0 Å². The maximum absolute atomic E-state index is 9.92. The minimum Gasteiger partial charge on any atom is -0.503 e. The molecule has 1 aromatic carbocycles. The van der Waals surface area contributed by atoms with Crippen LogP contribution in [0.1, 0.15) is 19.4 Å². The SMILES string of the molecule is CCNC(=S)NN=Cc1cc(OCC)c(O)c(Br)c1Br. The number of nitrogens with one attached hydrogen (secondary N) is 2. The maximum Gasteiger partial charge on any atom is 0.186 e. The van der Waals surface area contributed by atoms with Crippen LogP contribution in [0.5, 0.6) is 11.5 Å². The Hall–Kier alpha value is -0.860. The normalized spacial score (nSPS) is 10.6. The molecule has 3 N–H and O–H groups in total. The summed E-state index contributed by atoms with van der Waals surface area (Å²) in [5.41, 5.74) is 3.44. The Morgan fingerprint density at radius 1 is 1.45 bits per heavy atom. The smallest absolute Gasteiger partial charge is 0.186 e. The third kappa shape index (κ3) is 4.60. The van der Waals surface area contributed by atoms with Gasteiger partial charge in [0.15, 0.2) is 16.6 Å². The van der Waals surface area contributed by atoms with E-state index in [9.17, 15) is 5.11 Å². The number of ether oxygens (including phenoxy) is 1. The Labute approximate surface area is 140 Å². The monoisotopic (exact) mass is 423 g/mol. The lowest BCUT2D eigenvalue weighted by Crippen LogP contribution is -2.31. The fraction of sp³-hybridized carbons (Fsp3) is 0.333. The molecule has 0 aliphatic carbocycles. The van der Waals surface area contributed by atoms with Gasteiger partial charge in [0.05, 0.1) is 17.3 Å². The van der Waals surface area contributed by atoms with Gasteiger partial charge in [0, 0.05) is 16.6 Å². The number of hydrazone groups is 1. The molecule has 20 heavy (non-hydrogen) atoms. The van der Waals surface area contributed by atoms with Gasteiger partial charge in [-0.25, -0.2) is 0 Å². The standard InChI is InChI=1S/C12H15Br2N3O2S/c1-3-15-12(20)17-16-6-7-5-8(19-4-2)11(18)10(14)9(7)13/h5-6,18H,3-4H2,1-2H3,(H2,15,17,20). The highest BCUT2D eigenvalue weighted by atomic mass is 79.9. The van der Waals surface area contributed by atoms with Gasteiger partial charge in [-0.15, -0.1) is 0 Å². The number of hydrogen-bond acceptors (Lipinski definition) is 4. The van der Waals surface area contributed by atoms with Gasteiger partial charge in [0.2, 0.25) is 0 Å². The summed E-state index contributed by atoms with van der Waals surface area (Å²) in [4.78, 5) is 0. The van der Waals surface area contributed by atoms with E-state index in [2.05, 4.69) is 47.7 Å². The largest absolute Gasteiger partial charge is 0.503 e. The predicted octanol–water partition coefficient (Wildman–Crippen LogP) is 3.13. The minimum atomic E-state index is 0.0482.